The summed E-state index contributed by atoms with van der Waals surface area (Å²) in [5, 5.41) is 13.3. The SMILES string of the molecule is COc1ccc(CC(C)(O)Cc2nccs2)cc1. The van der Waals surface area contributed by atoms with E-state index in [0.29, 0.717) is 12.8 Å². The first-order valence-electron chi connectivity index (χ1n) is 5.83. The Morgan fingerprint density at radius 2 is 2.00 bits per heavy atom. The van der Waals surface area contributed by atoms with Crippen LogP contribution in [0.2, 0.25) is 0 Å². The second-order valence-electron chi connectivity index (χ2n) is 4.62. The van der Waals surface area contributed by atoms with E-state index >= 15 is 0 Å². The van der Waals surface area contributed by atoms with E-state index in [2.05, 4.69) is 4.98 Å². The maximum absolute atomic E-state index is 10.4. The number of ether oxygens (including phenoxy) is 1. The highest BCUT2D eigenvalue weighted by Gasteiger charge is 2.22. The Labute approximate surface area is 111 Å². The molecular weight excluding hydrogens is 246 g/mol. The quantitative estimate of drug-likeness (QED) is 0.902. The van der Waals surface area contributed by atoms with Gasteiger partial charge in [-0.3, -0.25) is 0 Å². The monoisotopic (exact) mass is 263 g/mol. The molecule has 1 aromatic carbocycles. The van der Waals surface area contributed by atoms with E-state index in [1.165, 1.54) is 0 Å². The molecule has 1 atom stereocenters. The molecule has 0 aliphatic heterocycles. The third kappa shape index (κ3) is 3.55. The Morgan fingerprint density at radius 3 is 2.56 bits per heavy atom. The van der Waals surface area contributed by atoms with Crippen LogP contribution in [0.1, 0.15) is 17.5 Å². The fourth-order valence-corrected chi connectivity index (χ4v) is 2.71. The number of thiazole rings is 1. The van der Waals surface area contributed by atoms with Crippen molar-refractivity contribution in [1.82, 2.24) is 4.98 Å². The highest BCUT2D eigenvalue weighted by atomic mass is 32.1. The predicted molar refractivity (Wildman–Crippen MR) is 73.1 cm³/mol. The van der Waals surface area contributed by atoms with Gasteiger partial charge in [-0.25, -0.2) is 4.98 Å². The zero-order valence-corrected chi connectivity index (χ0v) is 11.4. The van der Waals surface area contributed by atoms with Crippen LogP contribution < -0.4 is 4.74 Å². The zero-order valence-electron chi connectivity index (χ0n) is 10.6. The number of rotatable bonds is 5. The molecule has 1 heterocycles. The highest BCUT2D eigenvalue weighted by Crippen LogP contribution is 2.21. The summed E-state index contributed by atoms with van der Waals surface area (Å²) < 4.78 is 5.11. The fraction of sp³-hybridized carbons (Fsp3) is 0.357. The van der Waals surface area contributed by atoms with Crippen molar-refractivity contribution < 1.29 is 9.84 Å². The summed E-state index contributed by atoms with van der Waals surface area (Å²) in [6, 6.07) is 7.79. The molecule has 0 bridgehead atoms. The molecule has 1 unspecified atom stereocenters. The second kappa shape index (κ2) is 5.50. The van der Waals surface area contributed by atoms with Crippen LogP contribution in [0.5, 0.6) is 5.75 Å². The number of hydrogen-bond donors (Lipinski definition) is 1. The molecule has 0 radical (unpaired) electrons. The van der Waals surface area contributed by atoms with Gasteiger partial charge in [-0.2, -0.15) is 0 Å². The summed E-state index contributed by atoms with van der Waals surface area (Å²) in [5.74, 6) is 0.832. The van der Waals surface area contributed by atoms with Gasteiger partial charge in [-0.05, 0) is 24.6 Å². The first-order chi connectivity index (χ1) is 8.59. The molecule has 2 aromatic rings. The minimum absolute atomic E-state index is 0.580. The Balaban J connectivity index is 2.02. The molecule has 2 rings (SSSR count). The highest BCUT2D eigenvalue weighted by molar-refractivity contribution is 7.09. The Bertz CT molecular complexity index is 477. The molecule has 0 saturated heterocycles. The van der Waals surface area contributed by atoms with E-state index in [1.807, 2.05) is 36.6 Å². The molecule has 18 heavy (non-hydrogen) atoms. The summed E-state index contributed by atoms with van der Waals surface area (Å²) >= 11 is 1.58. The molecule has 1 N–H and O–H groups in total. The molecular formula is C14H17NO2S. The standard InChI is InChI=1S/C14H17NO2S/c1-14(16,10-13-15-7-8-18-13)9-11-3-5-12(17-2)6-4-11/h3-8,16H,9-10H2,1-2H3. The molecule has 0 aliphatic rings. The summed E-state index contributed by atoms with van der Waals surface area (Å²) in [6.07, 6.45) is 2.96. The van der Waals surface area contributed by atoms with Gasteiger partial charge in [0.1, 0.15) is 5.75 Å². The second-order valence-corrected chi connectivity index (χ2v) is 5.60. The van der Waals surface area contributed by atoms with E-state index in [9.17, 15) is 5.11 Å². The van der Waals surface area contributed by atoms with Gasteiger partial charge >= 0.3 is 0 Å². The van der Waals surface area contributed by atoms with E-state index < -0.39 is 5.60 Å². The summed E-state index contributed by atoms with van der Waals surface area (Å²) in [5.41, 5.74) is 0.323. The number of nitrogens with zero attached hydrogens (tertiary/aromatic N) is 1. The van der Waals surface area contributed by atoms with Crippen molar-refractivity contribution in [2.24, 2.45) is 0 Å². The zero-order chi connectivity index (χ0) is 13.0. The van der Waals surface area contributed by atoms with Crippen molar-refractivity contribution in [2.75, 3.05) is 7.11 Å². The lowest BCUT2D eigenvalue weighted by molar-refractivity contribution is 0.0607. The first kappa shape index (κ1) is 13.1. The Hall–Kier alpha value is -1.39. The lowest BCUT2D eigenvalue weighted by atomic mass is 9.93. The summed E-state index contributed by atoms with van der Waals surface area (Å²) in [7, 11) is 1.65. The van der Waals surface area contributed by atoms with Gasteiger partial charge in [0.25, 0.3) is 0 Å². The first-order valence-corrected chi connectivity index (χ1v) is 6.71. The number of benzene rings is 1. The fourth-order valence-electron chi connectivity index (χ4n) is 1.91. The molecule has 0 fully saturated rings. The minimum Gasteiger partial charge on any atom is -0.497 e. The number of hydrogen-bond acceptors (Lipinski definition) is 4. The number of aliphatic hydroxyl groups is 1. The van der Waals surface area contributed by atoms with Crippen molar-refractivity contribution in [3.05, 3.63) is 46.4 Å². The van der Waals surface area contributed by atoms with Crippen molar-refractivity contribution in [2.45, 2.75) is 25.4 Å². The molecule has 0 amide bonds. The van der Waals surface area contributed by atoms with E-state index in [0.717, 1.165) is 16.3 Å². The largest absolute Gasteiger partial charge is 0.497 e. The van der Waals surface area contributed by atoms with Gasteiger partial charge in [-0.1, -0.05) is 12.1 Å². The van der Waals surface area contributed by atoms with Gasteiger partial charge in [-0.15, -0.1) is 11.3 Å². The normalized spacial score (nSPS) is 14.2. The molecule has 0 spiro atoms. The van der Waals surface area contributed by atoms with Crippen LogP contribution in [0.3, 0.4) is 0 Å². The predicted octanol–water partition coefficient (Wildman–Crippen LogP) is 2.69. The van der Waals surface area contributed by atoms with Gasteiger partial charge in [0.15, 0.2) is 0 Å². The van der Waals surface area contributed by atoms with E-state index in [1.54, 1.807) is 24.6 Å². The molecule has 3 nitrogen and oxygen atoms in total. The van der Waals surface area contributed by atoms with E-state index in [-0.39, 0.29) is 0 Å². The van der Waals surface area contributed by atoms with Crippen molar-refractivity contribution in [3.8, 4) is 5.75 Å². The maximum Gasteiger partial charge on any atom is 0.118 e. The van der Waals surface area contributed by atoms with E-state index in [4.69, 9.17) is 4.74 Å². The molecule has 1 aromatic heterocycles. The lowest BCUT2D eigenvalue weighted by Crippen LogP contribution is -2.30. The van der Waals surface area contributed by atoms with Crippen molar-refractivity contribution in [3.63, 3.8) is 0 Å². The van der Waals surface area contributed by atoms with Crippen LogP contribution in [-0.2, 0) is 12.8 Å². The number of methoxy groups -OCH3 is 1. The van der Waals surface area contributed by atoms with Gasteiger partial charge < -0.3 is 9.84 Å². The average Bonchev–Trinajstić information content (AvgIpc) is 2.81. The van der Waals surface area contributed by atoms with Crippen LogP contribution in [0, 0.1) is 0 Å². The average molecular weight is 263 g/mol. The van der Waals surface area contributed by atoms with Crippen LogP contribution >= 0.6 is 11.3 Å². The van der Waals surface area contributed by atoms with Crippen molar-refractivity contribution in [1.29, 1.82) is 0 Å². The van der Waals surface area contributed by atoms with Crippen LogP contribution in [0.25, 0.3) is 0 Å². The maximum atomic E-state index is 10.4. The molecule has 0 aliphatic carbocycles. The van der Waals surface area contributed by atoms with Crippen molar-refractivity contribution >= 4 is 11.3 Å². The van der Waals surface area contributed by atoms with Crippen LogP contribution in [-0.4, -0.2) is 22.8 Å². The topological polar surface area (TPSA) is 42.4 Å². The molecule has 96 valence electrons. The van der Waals surface area contributed by atoms with Crippen LogP contribution in [0.15, 0.2) is 35.8 Å². The lowest BCUT2D eigenvalue weighted by Gasteiger charge is -2.22. The third-order valence-electron chi connectivity index (χ3n) is 2.76. The van der Waals surface area contributed by atoms with Gasteiger partial charge in [0.05, 0.1) is 17.7 Å². The third-order valence-corrected chi connectivity index (χ3v) is 3.54. The summed E-state index contributed by atoms with van der Waals surface area (Å²) in [4.78, 5) is 4.21. The van der Waals surface area contributed by atoms with Gasteiger partial charge in [0, 0.05) is 24.4 Å². The Kier molecular flexibility index (Phi) is 3.99. The minimum atomic E-state index is -0.771. The number of aromatic nitrogens is 1. The smallest absolute Gasteiger partial charge is 0.118 e. The summed E-state index contributed by atoms with van der Waals surface area (Å²) in [6.45, 7) is 1.85. The van der Waals surface area contributed by atoms with Gasteiger partial charge in [0.2, 0.25) is 0 Å². The molecule has 0 saturated carbocycles. The van der Waals surface area contributed by atoms with Crippen LogP contribution in [0.4, 0.5) is 0 Å². The molecule has 4 heteroatoms. The Morgan fingerprint density at radius 1 is 1.28 bits per heavy atom.